The molecule has 2 aromatic carbocycles. The largest absolute Gasteiger partial charge is 0.453 e. The number of aromatic nitrogens is 2. The zero-order valence-electron chi connectivity index (χ0n) is 29.0. The number of aryl methyl sites for hydroxylation is 2. The number of halogens is 3. The maximum absolute atomic E-state index is 13.8. The summed E-state index contributed by atoms with van der Waals surface area (Å²) in [6.07, 6.45) is 9.79. The molecular formula is C40H51F3N2O4. The van der Waals surface area contributed by atoms with Gasteiger partial charge in [-0.25, -0.2) is 14.8 Å². The number of hydrogen-bond donors (Lipinski definition) is 0. The minimum atomic E-state index is -4.68. The lowest BCUT2D eigenvalue weighted by Crippen LogP contribution is -2.39. The summed E-state index contributed by atoms with van der Waals surface area (Å²) < 4.78 is 52.6. The number of rotatable bonds is 19. The van der Waals surface area contributed by atoms with Gasteiger partial charge in [-0.15, -0.1) is 0 Å². The Hall–Kier alpha value is -3.75. The van der Waals surface area contributed by atoms with E-state index in [0.717, 1.165) is 42.4 Å². The summed E-state index contributed by atoms with van der Waals surface area (Å²) in [6, 6.07) is 13.9. The monoisotopic (exact) mass is 680 g/mol. The fourth-order valence-corrected chi connectivity index (χ4v) is 6.41. The van der Waals surface area contributed by atoms with Crippen LogP contribution in [0.25, 0.3) is 11.4 Å². The van der Waals surface area contributed by atoms with Crippen molar-refractivity contribution in [3.05, 3.63) is 83.2 Å². The van der Waals surface area contributed by atoms with E-state index < -0.39 is 36.2 Å². The lowest BCUT2D eigenvalue weighted by molar-refractivity contribution is -0.227. The maximum Gasteiger partial charge on any atom is 0.425 e. The van der Waals surface area contributed by atoms with Gasteiger partial charge in [-0.1, -0.05) is 114 Å². The Labute approximate surface area is 289 Å². The third-order valence-electron chi connectivity index (χ3n) is 9.33. The third-order valence-corrected chi connectivity index (χ3v) is 9.33. The van der Waals surface area contributed by atoms with E-state index in [1.807, 2.05) is 31.5 Å². The van der Waals surface area contributed by atoms with E-state index in [1.165, 1.54) is 44.9 Å². The van der Waals surface area contributed by atoms with Gasteiger partial charge in [-0.2, -0.15) is 13.2 Å². The van der Waals surface area contributed by atoms with Gasteiger partial charge in [0.25, 0.3) is 0 Å². The summed E-state index contributed by atoms with van der Waals surface area (Å²) in [5.74, 6) is -2.20. The van der Waals surface area contributed by atoms with Crippen molar-refractivity contribution in [1.29, 1.82) is 0 Å². The van der Waals surface area contributed by atoms with Gasteiger partial charge in [-0.3, -0.25) is 4.79 Å². The molecule has 0 amide bonds. The summed E-state index contributed by atoms with van der Waals surface area (Å²) in [6.45, 7) is 4.21. The number of nitrogens with zero attached hydrogens (tertiary/aromatic N) is 2. The first-order valence-electron chi connectivity index (χ1n) is 18.2. The number of carbonyl (C=O) groups is 2. The number of alkyl halides is 3. The fourth-order valence-electron chi connectivity index (χ4n) is 6.41. The highest BCUT2D eigenvalue weighted by molar-refractivity contribution is 5.90. The van der Waals surface area contributed by atoms with Crippen LogP contribution in [0, 0.1) is 5.92 Å². The molecule has 0 spiro atoms. The van der Waals surface area contributed by atoms with Crippen LogP contribution >= 0.6 is 0 Å². The van der Waals surface area contributed by atoms with Gasteiger partial charge in [0.15, 0.2) is 11.9 Å². The van der Waals surface area contributed by atoms with Crippen molar-refractivity contribution < 1.29 is 32.2 Å². The Bertz CT molecular complexity index is 1440. The van der Waals surface area contributed by atoms with E-state index in [1.54, 1.807) is 36.4 Å². The van der Waals surface area contributed by atoms with Crippen LogP contribution in [0.1, 0.15) is 137 Å². The summed E-state index contributed by atoms with van der Waals surface area (Å²) >= 11 is 0. The van der Waals surface area contributed by atoms with Crippen LogP contribution in [0.2, 0.25) is 0 Å². The second kappa shape index (κ2) is 19.4. The highest BCUT2D eigenvalue weighted by Crippen LogP contribution is 2.40. The van der Waals surface area contributed by atoms with Crippen molar-refractivity contribution >= 4 is 11.9 Å². The molecule has 266 valence electrons. The van der Waals surface area contributed by atoms with Crippen LogP contribution in [0.4, 0.5) is 13.2 Å². The quantitative estimate of drug-likeness (QED) is 0.0926. The van der Waals surface area contributed by atoms with Gasteiger partial charge in [0.2, 0.25) is 0 Å². The molecule has 0 saturated carbocycles. The maximum atomic E-state index is 13.8. The lowest BCUT2D eigenvalue weighted by atomic mass is 9.81. The normalized spacial score (nSPS) is 16.5. The number of hydrogen-bond acceptors (Lipinski definition) is 6. The summed E-state index contributed by atoms with van der Waals surface area (Å²) in [7, 11) is 0. The number of benzene rings is 2. The molecule has 1 aliphatic rings. The van der Waals surface area contributed by atoms with Crippen LogP contribution in [-0.4, -0.2) is 34.2 Å². The van der Waals surface area contributed by atoms with Gasteiger partial charge in [0.1, 0.15) is 6.10 Å². The van der Waals surface area contributed by atoms with Gasteiger partial charge in [0.05, 0.1) is 11.5 Å². The Morgan fingerprint density at radius 1 is 0.816 bits per heavy atom. The molecule has 0 bridgehead atoms. The van der Waals surface area contributed by atoms with Crippen LogP contribution in [0.5, 0.6) is 0 Å². The smallest absolute Gasteiger partial charge is 0.425 e. The van der Waals surface area contributed by atoms with E-state index in [0.29, 0.717) is 30.7 Å². The highest BCUT2D eigenvalue weighted by Gasteiger charge is 2.45. The van der Waals surface area contributed by atoms with Crippen LogP contribution in [-0.2, 0) is 27.1 Å². The number of unbranched alkanes of at least 4 members (excludes halogenated alkanes) is 10. The molecule has 0 aliphatic heterocycles. The molecule has 4 rings (SSSR count). The second-order valence-electron chi connectivity index (χ2n) is 13.2. The molecule has 3 atom stereocenters. The van der Waals surface area contributed by atoms with Crippen molar-refractivity contribution in [1.82, 2.24) is 9.97 Å². The first kappa shape index (κ1) is 38.1. The van der Waals surface area contributed by atoms with Crippen molar-refractivity contribution in [2.75, 3.05) is 0 Å². The Morgan fingerprint density at radius 3 is 2.08 bits per heavy atom. The van der Waals surface area contributed by atoms with Crippen LogP contribution in [0.3, 0.4) is 0 Å². The standard InChI is InChI=1S/C40H51F3N2O4/c1-3-5-7-9-10-11-12-13-17-29-27-44-37(45-28-29)31-21-23-32(24-22-31)38(46)49-36-33-19-16-15-18-30(33)25-26-34(36)39(47)48-35(40(41,42)43)20-14-8-6-4-2/h15-16,18-19,21-24,27-28,34-36H,3-14,17,20,25-26H2,1-2H3/t34?,35-,36?/m1/s1. The minimum absolute atomic E-state index is 0.208. The molecule has 0 saturated heterocycles. The first-order chi connectivity index (χ1) is 23.7. The first-order valence-corrected chi connectivity index (χ1v) is 18.2. The molecule has 0 fully saturated rings. The lowest BCUT2D eigenvalue weighted by Gasteiger charge is -2.33. The van der Waals surface area contributed by atoms with E-state index in [9.17, 15) is 22.8 Å². The molecular weight excluding hydrogens is 629 g/mol. The number of esters is 2. The summed E-state index contributed by atoms with van der Waals surface area (Å²) in [5.41, 5.74) is 3.56. The summed E-state index contributed by atoms with van der Waals surface area (Å²) in [5, 5.41) is 0. The van der Waals surface area contributed by atoms with Crippen molar-refractivity contribution in [3.63, 3.8) is 0 Å². The van der Waals surface area contributed by atoms with Crippen molar-refractivity contribution in [3.8, 4) is 11.4 Å². The minimum Gasteiger partial charge on any atom is -0.453 e. The van der Waals surface area contributed by atoms with Gasteiger partial charge >= 0.3 is 18.1 Å². The van der Waals surface area contributed by atoms with Crippen LogP contribution in [0.15, 0.2) is 60.9 Å². The molecule has 0 radical (unpaired) electrons. The number of ether oxygens (including phenoxy) is 2. The average Bonchev–Trinajstić information content (AvgIpc) is 3.10. The number of fused-ring (bicyclic) bond motifs is 1. The van der Waals surface area contributed by atoms with Gasteiger partial charge in [0, 0.05) is 18.0 Å². The zero-order chi connectivity index (χ0) is 35.1. The molecule has 9 heteroatoms. The topological polar surface area (TPSA) is 78.4 Å². The van der Waals surface area contributed by atoms with E-state index >= 15 is 0 Å². The molecule has 0 N–H and O–H groups in total. The SMILES string of the molecule is CCCCCCCCCCc1cnc(-c2ccc(C(=O)OC3c4ccccc4CCC3C(=O)O[C@H](CCCCCC)C(F)(F)F)cc2)nc1. The van der Waals surface area contributed by atoms with Gasteiger partial charge < -0.3 is 9.47 Å². The Kier molecular flexibility index (Phi) is 15.1. The predicted octanol–water partition coefficient (Wildman–Crippen LogP) is 10.7. The molecule has 1 aromatic heterocycles. The molecule has 49 heavy (non-hydrogen) atoms. The van der Waals surface area contributed by atoms with Crippen molar-refractivity contribution in [2.24, 2.45) is 5.92 Å². The molecule has 2 unspecified atom stereocenters. The Balaban J connectivity index is 1.37. The van der Waals surface area contributed by atoms with E-state index in [2.05, 4.69) is 16.9 Å². The van der Waals surface area contributed by atoms with Gasteiger partial charge in [-0.05, 0) is 67.3 Å². The highest BCUT2D eigenvalue weighted by atomic mass is 19.4. The van der Waals surface area contributed by atoms with E-state index in [4.69, 9.17) is 9.47 Å². The Morgan fingerprint density at radius 2 is 1.43 bits per heavy atom. The van der Waals surface area contributed by atoms with E-state index in [-0.39, 0.29) is 18.4 Å². The third kappa shape index (κ3) is 11.7. The molecule has 6 nitrogen and oxygen atoms in total. The zero-order valence-corrected chi connectivity index (χ0v) is 29.0. The summed E-state index contributed by atoms with van der Waals surface area (Å²) in [4.78, 5) is 35.8. The molecule has 3 aromatic rings. The molecule has 1 heterocycles. The fraction of sp³-hybridized carbons (Fsp3) is 0.550. The van der Waals surface area contributed by atoms with Crippen molar-refractivity contribution in [2.45, 2.75) is 135 Å². The average molecular weight is 681 g/mol. The predicted molar refractivity (Wildman–Crippen MR) is 185 cm³/mol. The second-order valence-corrected chi connectivity index (χ2v) is 13.2. The number of carbonyl (C=O) groups excluding carboxylic acids is 2. The molecule has 1 aliphatic carbocycles. The van der Waals surface area contributed by atoms with Crippen LogP contribution < -0.4 is 0 Å².